The highest BCUT2D eigenvalue weighted by molar-refractivity contribution is 6.30. The minimum atomic E-state index is -0.936. The van der Waals surface area contributed by atoms with Gasteiger partial charge in [0.05, 0.1) is 0 Å². The highest BCUT2D eigenvalue weighted by Crippen LogP contribution is 2.15. The van der Waals surface area contributed by atoms with E-state index in [1.807, 2.05) is 0 Å². The van der Waals surface area contributed by atoms with Crippen LogP contribution in [0.3, 0.4) is 0 Å². The fourth-order valence-electron chi connectivity index (χ4n) is 1.78. The Morgan fingerprint density at radius 3 is 2.58 bits per heavy atom. The normalized spacial score (nSPS) is 11.5. The maximum atomic E-state index is 12.8. The lowest BCUT2D eigenvalue weighted by Gasteiger charge is -2.14. The van der Waals surface area contributed by atoms with Crippen molar-refractivity contribution >= 4 is 29.2 Å². The van der Waals surface area contributed by atoms with Gasteiger partial charge in [0.25, 0.3) is 5.91 Å². The number of esters is 1. The van der Waals surface area contributed by atoms with Crippen molar-refractivity contribution in [2.75, 3.05) is 11.9 Å². The molecule has 0 aliphatic heterocycles. The molecule has 0 unspecified atom stereocenters. The van der Waals surface area contributed by atoms with Gasteiger partial charge in [-0.1, -0.05) is 17.7 Å². The molecule has 0 aromatic heterocycles. The maximum absolute atomic E-state index is 12.8. The van der Waals surface area contributed by atoms with Crippen LogP contribution in [0.4, 0.5) is 10.1 Å². The van der Waals surface area contributed by atoms with E-state index >= 15 is 0 Å². The summed E-state index contributed by atoms with van der Waals surface area (Å²) in [6.45, 7) is 1.02. The molecule has 2 aromatic carbocycles. The van der Waals surface area contributed by atoms with Crippen LogP contribution < -0.4 is 10.1 Å². The Morgan fingerprint density at radius 1 is 1.21 bits per heavy atom. The quantitative estimate of drug-likeness (QED) is 0.810. The molecule has 24 heavy (non-hydrogen) atoms. The summed E-state index contributed by atoms with van der Waals surface area (Å²) in [5.41, 5.74) is 0.499. The zero-order valence-corrected chi connectivity index (χ0v) is 13.5. The van der Waals surface area contributed by atoms with Crippen molar-refractivity contribution in [3.8, 4) is 5.75 Å². The van der Waals surface area contributed by atoms with Crippen LogP contribution >= 0.6 is 11.6 Å². The summed E-state index contributed by atoms with van der Waals surface area (Å²) in [4.78, 5) is 23.5. The number of hydrogen-bond donors (Lipinski definition) is 1. The molecule has 126 valence electrons. The standard InChI is InChI=1S/C17H15ClFNO4/c1-11(24-15-7-5-13(19)6-8-15)17(22)23-10-16(21)20-14-4-2-3-12(18)9-14/h2-9,11H,10H2,1H3,(H,20,21)/t11-/m1/s1. The number of carbonyl (C=O) groups excluding carboxylic acids is 2. The Bertz CT molecular complexity index is 721. The first-order chi connectivity index (χ1) is 11.4. The average Bonchev–Trinajstić information content (AvgIpc) is 2.54. The lowest BCUT2D eigenvalue weighted by molar-refractivity contribution is -0.153. The van der Waals surface area contributed by atoms with Crippen molar-refractivity contribution in [2.45, 2.75) is 13.0 Å². The van der Waals surface area contributed by atoms with Gasteiger partial charge in [-0.3, -0.25) is 4.79 Å². The number of carbonyl (C=O) groups is 2. The molecule has 2 rings (SSSR count). The summed E-state index contributed by atoms with van der Waals surface area (Å²) >= 11 is 5.81. The number of nitrogens with one attached hydrogen (secondary N) is 1. The van der Waals surface area contributed by atoms with Crippen LogP contribution in [0.2, 0.25) is 5.02 Å². The third kappa shape index (κ3) is 5.55. The van der Waals surface area contributed by atoms with Gasteiger partial charge >= 0.3 is 5.97 Å². The molecule has 0 aliphatic carbocycles. The van der Waals surface area contributed by atoms with Gasteiger partial charge in [-0.25, -0.2) is 9.18 Å². The van der Waals surface area contributed by atoms with Crippen LogP contribution in [0, 0.1) is 5.82 Å². The molecule has 0 spiro atoms. The lowest BCUT2D eigenvalue weighted by atomic mass is 10.3. The molecular formula is C17H15ClFNO4. The molecular weight excluding hydrogens is 337 g/mol. The van der Waals surface area contributed by atoms with Crippen LogP contribution in [-0.2, 0) is 14.3 Å². The van der Waals surface area contributed by atoms with E-state index in [9.17, 15) is 14.0 Å². The average molecular weight is 352 g/mol. The summed E-state index contributed by atoms with van der Waals surface area (Å²) in [6.07, 6.45) is -0.936. The zero-order valence-electron chi connectivity index (χ0n) is 12.8. The second kappa shape index (κ2) is 8.31. The monoisotopic (exact) mass is 351 g/mol. The molecule has 5 nitrogen and oxygen atoms in total. The van der Waals surface area contributed by atoms with Gasteiger partial charge < -0.3 is 14.8 Å². The topological polar surface area (TPSA) is 64.6 Å². The van der Waals surface area contributed by atoms with Gasteiger partial charge in [0.2, 0.25) is 0 Å². The molecule has 2 aromatic rings. The van der Waals surface area contributed by atoms with Crippen LogP contribution in [0.5, 0.6) is 5.75 Å². The van der Waals surface area contributed by atoms with Crippen molar-refractivity contribution in [3.05, 3.63) is 59.4 Å². The van der Waals surface area contributed by atoms with Gasteiger partial charge in [-0.2, -0.15) is 0 Å². The first kappa shape index (κ1) is 17.7. The summed E-state index contributed by atoms with van der Waals surface area (Å²) in [7, 11) is 0. The van der Waals surface area contributed by atoms with Crippen LogP contribution in [0.1, 0.15) is 6.92 Å². The smallest absolute Gasteiger partial charge is 0.347 e. The van der Waals surface area contributed by atoms with Crippen LogP contribution in [0.25, 0.3) is 0 Å². The van der Waals surface area contributed by atoms with Crippen molar-refractivity contribution in [1.82, 2.24) is 0 Å². The Hall–Kier alpha value is -2.60. The summed E-state index contributed by atoms with van der Waals surface area (Å²) in [5.74, 6) is -1.29. The highest BCUT2D eigenvalue weighted by atomic mass is 35.5. The Kier molecular flexibility index (Phi) is 6.14. The fourth-order valence-corrected chi connectivity index (χ4v) is 1.97. The number of amides is 1. The fraction of sp³-hybridized carbons (Fsp3) is 0.176. The zero-order chi connectivity index (χ0) is 17.5. The van der Waals surface area contributed by atoms with E-state index in [4.69, 9.17) is 21.1 Å². The van der Waals surface area contributed by atoms with Gasteiger partial charge in [-0.15, -0.1) is 0 Å². The van der Waals surface area contributed by atoms with E-state index in [0.29, 0.717) is 16.5 Å². The predicted octanol–water partition coefficient (Wildman–Crippen LogP) is 3.43. The summed E-state index contributed by atoms with van der Waals surface area (Å²) < 4.78 is 23.0. The van der Waals surface area contributed by atoms with Gasteiger partial charge in [0.15, 0.2) is 12.7 Å². The lowest BCUT2D eigenvalue weighted by Crippen LogP contribution is -2.29. The number of halogens is 2. The third-order valence-corrected chi connectivity index (χ3v) is 3.15. The Balaban J connectivity index is 1.79. The van der Waals surface area contributed by atoms with Crippen LogP contribution in [0.15, 0.2) is 48.5 Å². The van der Waals surface area contributed by atoms with Crippen molar-refractivity contribution in [2.24, 2.45) is 0 Å². The van der Waals surface area contributed by atoms with E-state index in [1.165, 1.54) is 31.2 Å². The molecule has 0 radical (unpaired) electrons. The largest absolute Gasteiger partial charge is 0.479 e. The number of ether oxygens (including phenoxy) is 2. The molecule has 1 amide bonds. The molecule has 1 N–H and O–H groups in total. The van der Waals surface area contributed by atoms with Gasteiger partial charge in [0.1, 0.15) is 11.6 Å². The first-order valence-electron chi connectivity index (χ1n) is 7.08. The SMILES string of the molecule is C[C@@H](Oc1ccc(F)cc1)C(=O)OCC(=O)Nc1cccc(Cl)c1. The third-order valence-electron chi connectivity index (χ3n) is 2.91. The second-order valence-electron chi connectivity index (χ2n) is 4.88. The van der Waals surface area contributed by atoms with Crippen molar-refractivity contribution in [1.29, 1.82) is 0 Å². The van der Waals surface area contributed by atoms with E-state index < -0.39 is 30.4 Å². The van der Waals surface area contributed by atoms with Crippen molar-refractivity contribution in [3.63, 3.8) is 0 Å². The van der Waals surface area contributed by atoms with Crippen LogP contribution in [-0.4, -0.2) is 24.6 Å². The number of hydrogen-bond acceptors (Lipinski definition) is 4. The minimum absolute atomic E-state index is 0.323. The molecule has 7 heteroatoms. The Labute approximate surface area is 143 Å². The number of rotatable bonds is 6. The van der Waals surface area contributed by atoms with E-state index in [1.54, 1.807) is 24.3 Å². The van der Waals surface area contributed by atoms with Gasteiger partial charge in [-0.05, 0) is 49.4 Å². The first-order valence-corrected chi connectivity index (χ1v) is 7.46. The summed E-state index contributed by atoms with van der Waals surface area (Å²) in [5, 5.41) is 3.03. The van der Waals surface area contributed by atoms with Crippen molar-refractivity contribution < 1.29 is 23.5 Å². The highest BCUT2D eigenvalue weighted by Gasteiger charge is 2.18. The molecule has 0 aliphatic rings. The predicted molar refractivity (Wildman–Crippen MR) is 87.5 cm³/mol. The molecule has 0 fully saturated rings. The number of anilines is 1. The minimum Gasteiger partial charge on any atom is -0.479 e. The molecule has 1 atom stereocenters. The van der Waals surface area contributed by atoms with Gasteiger partial charge in [0, 0.05) is 10.7 Å². The Morgan fingerprint density at radius 2 is 1.92 bits per heavy atom. The number of benzene rings is 2. The molecule has 0 bridgehead atoms. The van der Waals surface area contributed by atoms with E-state index in [2.05, 4.69) is 5.32 Å². The van der Waals surface area contributed by atoms with E-state index in [0.717, 1.165) is 0 Å². The molecule has 0 saturated carbocycles. The molecule has 0 saturated heterocycles. The van der Waals surface area contributed by atoms with E-state index in [-0.39, 0.29) is 0 Å². The second-order valence-corrected chi connectivity index (χ2v) is 5.32. The maximum Gasteiger partial charge on any atom is 0.347 e. The molecule has 0 heterocycles. The summed E-state index contributed by atoms with van der Waals surface area (Å²) in [6, 6.07) is 11.8.